The lowest BCUT2D eigenvalue weighted by molar-refractivity contribution is 0.0102. The molecule has 1 aromatic carbocycles. The Morgan fingerprint density at radius 3 is 2.58 bits per heavy atom. The Kier molecular flexibility index (Phi) is 12.5. The summed E-state index contributed by atoms with van der Waals surface area (Å²) >= 11 is 0. The normalized spacial score (nSPS) is 11.8. The molecule has 0 aliphatic rings. The Bertz CT molecular complexity index is 1020. The topological polar surface area (TPSA) is 47.4 Å². The van der Waals surface area contributed by atoms with E-state index in [9.17, 15) is 4.79 Å². The molecule has 0 aliphatic carbocycles. The predicted molar refractivity (Wildman–Crippen MR) is 142 cm³/mol. The molecule has 0 amide bonds. The first-order chi connectivity index (χ1) is 15.0. The number of ether oxygens (including phenoxy) is 1. The fourth-order valence-electron chi connectivity index (χ4n) is 3.93. The van der Waals surface area contributed by atoms with Crippen molar-refractivity contribution in [2.45, 2.75) is 52.7 Å². The van der Waals surface area contributed by atoms with Crippen LogP contribution in [-0.2, 0) is 13.5 Å². The molecular weight excluding hydrogens is 457 g/mol. The average Bonchev–Trinajstić information content (AvgIpc) is 2.77. The molecule has 0 bridgehead atoms. The number of rotatable bonds is 11. The fraction of sp³-hybridized carbons (Fsp3) is 0.462. The van der Waals surface area contributed by atoms with Gasteiger partial charge in [-0.2, -0.15) is 0 Å². The number of hydrogen-bond donors (Lipinski definition) is 0. The highest BCUT2D eigenvalue weighted by Gasteiger charge is 2.21. The number of aryl methyl sites for hydroxylation is 1. The molecule has 0 spiro atoms. The van der Waals surface area contributed by atoms with Crippen molar-refractivity contribution in [1.82, 2.24) is 14.5 Å². The number of halogens is 2. The summed E-state index contributed by atoms with van der Waals surface area (Å²) < 4.78 is 8.24. The van der Waals surface area contributed by atoms with E-state index in [2.05, 4.69) is 36.7 Å². The number of fused-ring (bicyclic) bond motifs is 1. The second-order valence-corrected chi connectivity index (χ2v) is 8.67. The van der Waals surface area contributed by atoms with Gasteiger partial charge in [0.2, 0.25) is 0 Å². The van der Waals surface area contributed by atoms with Gasteiger partial charge in [-0.1, -0.05) is 33.3 Å². The molecule has 0 aliphatic heterocycles. The third-order valence-electron chi connectivity index (χ3n) is 5.59. The van der Waals surface area contributed by atoms with Crippen molar-refractivity contribution < 1.29 is 4.74 Å². The van der Waals surface area contributed by atoms with Gasteiger partial charge in [0, 0.05) is 44.0 Å². The van der Waals surface area contributed by atoms with Crippen molar-refractivity contribution >= 4 is 35.7 Å². The van der Waals surface area contributed by atoms with Crippen LogP contribution in [0.5, 0.6) is 5.75 Å². The summed E-state index contributed by atoms with van der Waals surface area (Å²) in [5.74, 6) is 1.40. The van der Waals surface area contributed by atoms with E-state index < -0.39 is 0 Å². The molecule has 1 unspecified atom stereocenters. The van der Waals surface area contributed by atoms with Crippen molar-refractivity contribution in [3.8, 4) is 5.75 Å². The van der Waals surface area contributed by atoms with E-state index in [4.69, 9.17) is 4.74 Å². The van der Waals surface area contributed by atoms with Gasteiger partial charge in [0.1, 0.15) is 5.75 Å². The Hall–Kier alpha value is -2.08. The average molecular weight is 495 g/mol. The SMILES string of the molecule is CCCCC(Oc1ccc2c(ccc(=O)n2C)c1)N(CCc1cccnc1)CC(C)C.Cl.Cl. The maximum atomic E-state index is 11.9. The number of aromatic nitrogens is 2. The molecule has 7 heteroatoms. The van der Waals surface area contributed by atoms with Crippen LogP contribution in [0.4, 0.5) is 0 Å². The van der Waals surface area contributed by atoms with Crippen molar-refractivity contribution in [3.05, 3.63) is 70.8 Å². The van der Waals surface area contributed by atoms with E-state index in [1.165, 1.54) is 5.56 Å². The van der Waals surface area contributed by atoms with Crippen LogP contribution in [0.25, 0.3) is 10.9 Å². The quantitative estimate of drug-likeness (QED) is 0.313. The molecule has 0 fully saturated rings. The van der Waals surface area contributed by atoms with Gasteiger partial charge >= 0.3 is 0 Å². The number of hydrogen-bond acceptors (Lipinski definition) is 4. The second kappa shape index (κ2) is 14.2. The molecule has 33 heavy (non-hydrogen) atoms. The third-order valence-corrected chi connectivity index (χ3v) is 5.59. The summed E-state index contributed by atoms with van der Waals surface area (Å²) in [6, 6.07) is 13.6. The van der Waals surface area contributed by atoms with E-state index in [-0.39, 0.29) is 36.6 Å². The summed E-state index contributed by atoms with van der Waals surface area (Å²) in [7, 11) is 1.80. The standard InChI is InChI=1S/C26H35N3O2.2ClH/c1-5-6-9-26(29(19-20(2)3)16-14-21-8-7-15-27-18-21)31-23-11-12-24-22(17-23)10-13-25(30)28(24)4;;/h7-8,10-13,15,17-18,20,26H,5-6,9,14,16,19H2,1-4H3;2*1H. The largest absolute Gasteiger partial charge is 0.475 e. The highest BCUT2D eigenvalue weighted by atomic mass is 35.5. The van der Waals surface area contributed by atoms with E-state index in [1.54, 1.807) is 17.7 Å². The summed E-state index contributed by atoms with van der Waals surface area (Å²) in [4.78, 5) is 18.6. The number of nitrogens with zero attached hydrogens (tertiary/aromatic N) is 3. The van der Waals surface area contributed by atoms with Crippen molar-refractivity contribution in [2.24, 2.45) is 13.0 Å². The minimum atomic E-state index is 0. The van der Waals surface area contributed by atoms with E-state index in [0.29, 0.717) is 5.92 Å². The second-order valence-electron chi connectivity index (χ2n) is 8.67. The third kappa shape index (κ3) is 8.33. The van der Waals surface area contributed by atoms with Crippen LogP contribution in [0.2, 0.25) is 0 Å². The maximum absolute atomic E-state index is 11.9. The van der Waals surface area contributed by atoms with Gasteiger partial charge in [-0.05, 0) is 61.1 Å². The molecule has 3 rings (SSSR count). The number of pyridine rings is 2. The van der Waals surface area contributed by atoms with Crippen LogP contribution >= 0.6 is 24.8 Å². The van der Waals surface area contributed by atoms with Crippen LogP contribution < -0.4 is 10.3 Å². The van der Waals surface area contributed by atoms with Gasteiger partial charge < -0.3 is 9.30 Å². The first-order valence-electron chi connectivity index (χ1n) is 11.4. The van der Waals surface area contributed by atoms with Crippen LogP contribution in [0.15, 0.2) is 59.7 Å². The van der Waals surface area contributed by atoms with Crippen molar-refractivity contribution in [1.29, 1.82) is 0 Å². The Labute approximate surface area is 210 Å². The molecule has 2 aromatic heterocycles. The first-order valence-corrected chi connectivity index (χ1v) is 11.4. The smallest absolute Gasteiger partial charge is 0.250 e. The lowest BCUT2D eigenvalue weighted by Crippen LogP contribution is -2.43. The van der Waals surface area contributed by atoms with Crippen molar-refractivity contribution in [2.75, 3.05) is 13.1 Å². The highest BCUT2D eigenvalue weighted by molar-refractivity contribution is 5.85. The van der Waals surface area contributed by atoms with E-state index in [1.807, 2.05) is 42.7 Å². The lowest BCUT2D eigenvalue weighted by Gasteiger charge is -2.33. The van der Waals surface area contributed by atoms with Crippen molar-refractivity contribution in [3.63, 3.8) is 0 Å². The molecule has 2 heterocycles. The Morgan fingerprint density at radius 1 is 1.12 bits per heavy atom. The van der Waals surface area contributed by atoms with Gasteiger partial charge in [0.05, 0.1) is 5.52 Å². The molecule has 1 atom stereocenters. The summed E-state index contributed by atoms with van der Waals surface area (Å²) in [5, 5.41) is 1.01. The van der Waals surface area contributed by atoms with Crippen LogP contribution in [-0.4, -0.2) is 33.8 Å². The molecule has 0 saturated carbocycles. The molecule has 182 valence electrons. The van der Waals surface area contributed by atoms with Gasteiger partial charge in [0.15, 0.2) is 6.23 Å². The zero-order valence-corrected chi connectivity index (χ0v) is 21.7. The monoisotopic (exact) mass is 493 g/mol. The predicted octanol–water partition coefficient (Wildman–Crippen LogP) is 5.87. The maximum Gasteiger partial charge on any atom is 0.250 e. The first kappa shape index (κ1) is 29.0. The Balaban J connectivity index is 0.00000272. The summed E-state index contributed by atoms with van der Waals surface area (Å²) in [5.41, 5.74) is 2.16. The van der Waals surface area contributed by atoms with Crippen LogP contribution in [0.1, 0.15) is 45.6 Å². The van der Waals surface area contributed by atoms with Gasteiger partial charge in [0.25, 0.3) is 5.56 Å². The molecular formula is C26H37Cl2N3O2. The molecule has 0 N–H and O–H groups in total. The highest BCUT2D eigenvalue weighted by Crippen LogP contribution is 2.23. The molecule has 5 nitrogen and oxygen atoms in total. The molecule has 0 radical (unpaired) electrons. The van der Waals surface area contributed by atoms with Crippen LogP contribution in [0, 0.1) is 5.92 Å². The summed E-state index contributed by atoms with van der Waals surface area (Å²) in [6.07, 6.45) is 7.98. The molecule has 0 saturated heterocycles. The fourth-order valence-corrected chi connectivity index (χ4v) is 3.93. The van der Waals surface area contributed by atoms with Gasteiger partial charge in [-0.15, -0.1) is 24.8 Å². The summed E-state index contributed by atoms with van der Waals surface area (Å²) in [6.45, 7) is 8.64. The lowest BCUT2D eigenvalue weighted by atomic mass is 10.1. The Morgan fingerprint density at radius 2 is 1.91 bits per heavy atom. The van der Waals surface area contributed by atoms with E-state index in [0.717, 1.165) is 55.4 Å². The van der Waals surface area contributed by atoms with Gasteiger partial charge in [-0.3, -0.25) is 14.7 Å². The number of benzene rings is 1. The van der Waals surface area contributed by atoms with Gasteiger partial charge in [-0.25, -0.2) is 0 Å². The minimum absolute atomic E-state index is 0. The van der Waals surface area contributed by atoms with Crippen LogP contribution in [0.3, 0.4) is 0 Å². The number of unbranched alkanes of at least 4 members (excludes halogenated alkanes) is 1. The zero-order chi connectivity index (χ0) is 22.2. The van der Waals surface area contributed by atoms with E-state index >= 15 is 0 Å². The minimum Gasteiger partial charge on any atom is -0.475 e. The zero-order valence-electron chi connectivity index (χ0n) is 20.1. The molecule has 3 aromatic rings.